The number of benzene rings is 1. The summed E-state index contributed by atoms with van der Waals surface area (Å²) in [6.45, 7) is 2.68. The van der Waals surface area contributed by atoms with Crippen molar-refractivity contribution < 1.29 is 14.3 Å². The van der Waals surface area contributed by atoms with Gasteiger partial charge in [0.2, 0.25) is 0 Å². The molecule has 0 aliphatic carbocycles. The van der Waals surface area contributed by atoms with Crippen LogP contribution < -0.4 is 14.4 Å². The van der Waals surface area contributed by atoms with Gasteiger partial charge in [-0.1, -0.05) is 6.07 Å². The van der Waals surface area contributed by atoms with Gasteiger partial charge in [0, 0.05) is 31.7 Å². The summed E-state index contributed by atoms with van der Waals surface area (Å²) in [5.74, 6) is 1.99. The van der Waals surface area contributed by atoms with Crippen LogP contribution in [0.15, 0.2) is 47.8 Å². The lowest BCUT2D eigenvalue weighted by Gasteiger charge is -2.35. The molecule has 1 aliphatic rings. The van der Waals surface area contributed by atoms with Crippen LogP contribution in [0.25, 0.3) is 10.6 Å². The smallest absolute Gasteiger partial charge is 0.254 e. The van der Waals surface area contributed by atoms with Crippen molar-refractivity contribution >= 4 is 23.1 Å². The molecule has 7 nitrogen and oxygen atoms in total. The number of carbonyl (C=O) groups excluding carboxylic acids is 1. The zero-order valence-corrected chi connectivity index (χ0v) is 17.2. The first-order valence-corrected chi connectivity index (χ1v) is 10.2. The van der Waals surface area contributed by atoms with Crippen LogP contribution in [0.3, 0.4) is 0 Å². The molecule has 3 aromatic rings. The Labute approximate surface area is 173 Å². The van der Waals surface area contributed by atoms with Crippen molar-refractivity contribution in [2.75, 3.05) is 45.3 Å². The van der Waals surface area contributed by atoms with Crippen molar-refractivity contribution in [1.82, 2.24) is 15.1 Å². The molecule has 0 saturated carbocycles. The zero-order valence-electron chi connectivity index (χ0n) is 16.4. The third-order valence-corrected chi connectivity index (χ3v) is 5.84. The molecule has 1 saturated heterocycles. The first-order chi connectivity index (χ1) is 14.2. The van der Waals surface area contributed by atoms with Gasteiger partial charge in [0.15, 0.2) is 17.3 Å². The van der Waals surface area contributed by atoms with Crippen LogP contribution in [0.5, 0.6) is 11.5 Å². The molecular weight excluding hydrogens is 388 g/mol. The van der Waals surface area contributed by atoms with Gasteiger partial charge in [0.1, 0.15) is 5.69 Å². The minimum atomic E-state index is -0.00951. The van der Waals surface area contributed by atoms with Crippen molar-refractivity contribution in [1.29, 1.82) is 0 Å². The third kappa shape index (κ3) is 4.02. The molecule has 0 unspecified atom stereocenters. The minimum Gasteiger partial charge on any atom is -0.493 e. The van der Waals surface area contributed by atoms with Crippen molar-refractivity contribution in [3.8, 4) is 22.1 Å². The highest BCUT2D eigenvalue weighted by molar-refractivity contribution is 7.13. The number of ether oxygens (including phenoxy) is 2. The SMILES string of the molecule is COc1ccc(C(=O)N2CCN(c3ccc(-c4cccs4)nn3)CC2)cc1OC. The van der Waals surface area contributed by atoms with E-state index in [0.717, 1.165) is 16.4 Å². The lowest BCUT2D eigenvalue weighted by molar-refractivity contribution is 0.0746. The summed E-state index contributed by atoms with van der Waals surface area (Å²) in [4.78, 5) is 18.0. The molecule has 29 heavy (non-hydrogen) atoms. The predicted molar refractivity (Wildman–Crippen MR) is 113 cm³/mol. The number of piperazine rings is 1. The van der Waals surface area contributed by atoms with Gasteiger partial charge in [-0.25, -0.2) is 0 Å². The van der Waals surface area contributed by atoms with E-state index in [1.807, 2.05) is 34.5 Å². The van der Waals surface area contributed by atoms with Crippen LogP contribution in [0.4, 0.5) is 5.82 Å². The van der Waals surface area contributed by atoms with E-state index in [1.54, 1.807) is 43.8 Å². The van der Waals surface area contributed by atoms with Gasteiger partial charge in [-0.3, -0.25) is 4.79 Å². The molecule has 1 amide bonds. The molecule has 8 heteroatoms. The van der Waals surface area contributed by atoms with Crippen LogP contribution in [0.1, 0.15) is 10.4 Å². The lowest BCUT2D eigenvalue weighted by atomic mass is 10.1. The zero-order chi connectivity index (χ0) is 20.2. The maximum Gasteiger partial charge on any atom is 0.254 e. The van der Waals surface area contributed by atoms with Gasteiger partial charge in [0.05, 0.1) is 19.1 Å². The van der Waals surface area contributed by atoms with E-state index in [9.17, 15) is 4.79 Å². The summed E-state index contributed by atoms with van der Waals surface area (Å²) in [7, 11) is 3.14. The summed E-state index contributed by atoms with van der Waals surface area (Å²) >= 11 is 1.65. The maximum atomic E-state index is 12.9. The topological polar surface area (TPSA) is 67.8 Å². The van der Waals surface area contributed by atoms with Crippen LogP contribution >= 0.6 is 11.3 Å². The first-order valence-electron chi connectivity index (χ1n) is 9.33. The summed E-state index contributed by atoms with van der Waals surface area (Å²) in [5.41, 5.74) is 1.47. The average molecular weight is 410 g/mol. The van der Waals surface area contributed by atoms with E-state index >= 15 is 0 Å². The number of carbonyl (C=O) groups is 1. The Hall–Kier alpha value is -3.13. The van der Waals surface area contributed by atoms with Gasteiger partial charge < -0.3 is 19.3 Å². The summed E-state index contributed by atoms with van der Waals surface area (Å²) in [5, 5.41) is 10.8. The number of methoxy groups -OCH3 is 2. The number of hydrogen-bond acceptors (Lipinski definition) is 7. The molecule has 0 atom stereocenters. The predicted octanol–water partition coefficient (Wildman–Crippen LogP) is 3.18. The molecule has 1 aliphatic heterocycles. The number of hydrogen-bond donors (Lipinski definition) is 0. The molecule has 0 spiro atoms. The van der Waals surface area contributed by atoms with E-state index in [4.69, 9.17) is 9.47 Å². The van der Waals surface area contributed by atoms with Crippen LogP contribution in [-0.2, 0) is 0 Å². The Morgan fingerprint density at radius 1 is 0.966 bits per heavy atom. The second kappa shape index (κ2) is 8.48. The minimum absolute atomic E-state index is 0.00951. The quantitative estimate of drug-likeness (QED) is 0.644. The molecule has 0 bridgehead atoms. The molecule has 0 radical (unpaired) electrons. The molecule has 1 aromatic carbocycles. The largest absolute Gasteiger partial charge is 0.493 e. The molecule has 0 N–H and O–H groups in total. The van der Waals surface area contributed by atoms with E-state index in [2.05, 4.69) is 15.1 Å². The fourth-order valence-electron chi connectivity index (χ4n) is 3.34. The molecular formula is C21H22N4O3S. The Morgan fingerprint density at radius 2 is 1.76 bits per heavy atom. The first kappa shape index (κ1) is 19.2. The summed E-state index contributed by atoms with van der Waals surface area (Å²) < 4.78 is 10.5. The second-order valence-electron chi connectivity index (χ2n) is 6.60. The number of aromatic nitrogens is 2. The fraction of sp³-hybridized carbons (Fsp3) is 0.286. The lowest BCUT2D eigenvalue weighted by Crippen LogP contribution is -2.49. The maximum absolute atomic E-state index is 12.9. The van der Waals surface area contributed by atoms with Gasteiger partial charge in [-0.2, -0.15) is 0 Å². The highest BCUT2D eigenvalue weighted by atomic mass is 32.1. The van der Waals surface area contributed by atoms with Crippen LogP contribution in [0, 0.1) is 0 Å². The van der Waals surface area contributed by atoms with Gasteiger partial charge in [-0.15, -0.1) is 21.5 Å². The number of amides is 1. The normalized spacial score (nSPS) is 14.0. The molecule has 2 aromatic heterocycles. The van der Waals surface area contributed by atoms with Crippen LogP contribution in [0.2, 0.25) is 0 Å². The van der Waals surface area contributed by atoms with Crippen molar-refractivity contribution in [2.45, 2.75) is 0 Å². The van der Waals surface area contributed by atoms with E-state index in [0.29, 0.717) is 43.2 Å². The molecule has 3 heterocycles. The summed E-state index contributed by atoms with van der Waals surface area (Å²) in [6.07, 6.45) is 0. The fourth-order valence-corrected chi connectivity index (χ4v) is 4.03. The molecule has 150 valence electrons. The van der Waals surface area contributed by atoms with Gasteiger partial charge in [0.25, 0.3) is 5.91 Å². The third-order valence-electron chi connectivity index (χ3n) is 4.95. The van der Waals surface area contributed by atoms with Crippen LogP contribution in [-0.4, -0.2) is 61.4 Å². The highest BCUT2D eigenvalue weighted by Gasteiger charge is 2.24. The van der Waals surface area contributed by atoms with E-state index in [-0.39, 0.29) is 5.91 Å². The Morgan fingerprint density at radius 3 is 2.38 bits per heavy atom. The molecule has 4 rings (SSSR count). The standard InChI is InChI=1S/C21H22N4O3S/c1-27-17-7-5-15(14-18(17)28-2)21(26)25-11-9-24(10-12-25)20-8-6-16(22-23-20)19-4-3-13-29-19/h3-8,13-14H,9-12H2,1-2H3. The Bertz CT molecular complexity index is 968. The van der Waals surface area contributed by atoms with Crippen molar-refractivity contribution in [3.05, 3.63) is 53.4 Å². The number of anilines is 1. The van der Waals surface area contributed by atoms with Crippen molar-refractivity contribution in [2.24, 2.45) is 0 Å². The Kier molecular flexibility index (Phi) is 5.62. The monoisotopic (exact) mass is 410 g/mol. The van der Waals surface area contributed by atoms with E-state index in [1.165, 1.54) is 0 Å². The van der Waals surface area contributed by atoms with Gasteiger partial charge in [-0.05, 0) is 41.8 Å². The van der Waals surface area contributed by atoms with E-state index < -0.39 is 0 Å². The second-order valence-corrected chi connectivity index (χ2v) is 7.55. The molecule has 1 fully saturated rings. The summed E-state index contributed by atoms with van der Waals surface area (Å²) in [6, 6.07) is 13.3. The number of rotatable bonds is 5. The average Bonchev–Trinajstić information content (AvgIpc) is 3.33. The number of thiophene rings is 1. The Balaban J connectivity index is 1.39. The van der Waals surface area contributed by atoms with Crippen molar-refractivity contribution in [3.63, 3.8) is 0 Å². The highest BCUT2D eigenvalue weighted by Crippen LogP contribution is 2.28. The number of nitrogens with zero attached hydrogens (tertiary/aromatic N) is 4. The van der Waals surface area contributed by atoms with Gasteiger partial charge >= 0.3 is 0 Å².